The SMILES string of the molecule is O=C(O)c1ccc(N2CCCS2(=O)=O)c(OCC2CC2)n1. The number of pyridine rings is 1. The largest absolute Gasteiger partial charge is 0.477 e. The molecule has 1 aromatic heterocycles. The number of nitrogens with zero attached hydrogens (tertiary/aromatic N) is 2. The summed E-state index contributed by atoms with van der Waals surface area (Å²) in [5.74, 6) is -0.520. The van der Waals surface area contributed by atoms with Crippen LogP contribution in [0, 0.1) is 5.92 Å². The first-order chi connectivity index (χ1) is 9.97. The van der Waals surface area contributed by atoms with Crippen molar-refractivity contribution in [2.45, 2.75) is 19.3 Å². The maximum absolute atomic E-state index is 12.0. The van der Waals surface area contributed by atoms with Crippen molar-refractivity contribution in [3.8, 4) is 5.88 Å². The van der Waals surface area contributed by atoms with E-state index in [0.717, 1.165) is 12.8 Å². The first-order valence-corrected chi connectivity index (χ1v) is 8.46. The van der Waals surface area contributed by atoms with Crippen molar-refractivity contribution in [2.24, 2.45) is 5.92 Å². The van der Waals surface area contributed by atoms with Crippen LogP contribution in [0.3, 0.4) is 0 Å². The molecule has 0 radical (unpaired) electrons. The van der Waals surface area contributed by atoms with E-state index in [9.17, 15) is 13.2 Å². The van der Waals surface area contributed by atoms with Crippen LogP contribution in [0.5, 0.6) is 5.88 Å². The molecule has 1 aromatic rings. The number of ether oxygens (including phenoxy) is 1. The second kappa shape index (κ2) is 5.18. The molecule has 0 amide bonds. The Kier molecular flexibility index (Phi) is 3.48. The minimum absolute atomic E-state index is 0.0901. The normalized spacial score (nSPS) is 20.5. The molecule has 114 valence electrons. The molecule has 2 fully saturated rings. The molecule has 1 N–H and O–H groups in total. The van der Waals surface area contributed by atoms with E-state index in [-0.39, 0.29) is 17.3 Å². The summed E-state index contributed by atoms with van der Waals surface area (Å²) in [6.07, 6.45) is 2.71. The smallest absolute Gasteiger partial charge is 0.354 e. The third-order valence-electron chi connectivity index (χ3n) is 3.58. The van der Waals surface area contributed by atoms with E-state index in [0.29, 0.717) is 31.2 Å². The molecule has 0 unspecified atom stereocenters. The van der Waals surface area contributed by atoms with Gasteiger partial charge in [0.25, 0.3) is 0 Å². The average Bonchev–Trinajstić information content (AvgIpc) is 3.19. The predicted molar refractivity (Wildman–Crippen MR) is 75.2 cm³/mol. The van der Waals surface area contributed by atoms with Crippen molar-refractivity contribution >= 4 is 21.7 Å². The zero-order valence-corrected chi connectivity index (χ0v) is 12.2. The first kappa shape index (κ1) is 14.1. The third-order valence-corrected chi connectivity index (χ3v) is 5.44. The molecule has 3 rings (SSSR count). The summed E-state index contributed by atoms with van der Waals surface area (Å²) < 4.78 is 30.9. The van der Waals surface area contributed by atoms with Crippen LogP contribution in [0.15, 0.2) is 12.1 Å². The van der Waals surface area contributed by atoms with Crippen molar-refractivity contribution in [2.75, 3.05) is 23.2 Å². The van der Waals surface area contributed by atoms with Gasteiger partial charge in [0.1, 0.15) is 5.69 Å². The van der Waals surface area contributed by atoms with Gasteiger partial charge in [0, 0.05) is 6.54 Å². The Morgan fingerprint density at radius 2 is 2.19 bits per heavy atom. The number of aromatic carboxylic acids is 1. The first-order valence-electron chi connectivity index (χ1n) is 6.85. The molecule has 1 saturated heterocycles. The molecule has 2 aliphatic rings. The van der Waals surface area contributed by atoms with Crippen LogP contribution in [0.4, 0.5) is 5.69 Å². The van der Waals surface area contributed by atoms with Crippen LogP contribution in [-0.2, 0) is 10.0 Å². The molecule has 7 nitrogen and oxygen atoms in total. The van der Waals surface area contributed by atoms with E-state index in [1.54, 1.807) is 0 Å². The number of carboxylic acid groups (broad SMARTS) is 1. The van der Waals surface area contributed by atoms with Gasteiger partial charge >= 0.3 is 5.97 Å². The van der Waals surface area contributed by atoms with Gasteiger partial charge in [-0.2, -0.15) is 0 Å². The Morgan fingerprint density at radius 3 is 2.76 bits per heavy atom. The highest BCUT2D eigenvalue weighted by atomic mass is 32.2. The lowest BCUT2D eigenvalue weighted by Crippen LogP contribution is -2.26. The van der Waals surface area contributed by atoms with Crippen molar-refractivity contribution in [3.05, 3.63) is 17.8 Å². The van der Waals surface area contributed by atoms with Gasteiger partial charge in [-0.25, -0.2) is 18.2 Å². The maximum atomic E-state index is 12.0. The van der Waals surface area contributed by atoms with E-state index in [2.05, 4.69) is 4.98 Å². The summed E-state index contributed by atoms with van der Waals surface area (Å²) in [4.78, 5) is 15.0. The minimum Gasteiger partial charge on any atom is -0.477 e. The third kappa shape index (κ3) is 2.94. The topological polar surface area (TPSA) is 96.8 Å². The predicted octanol–water partition coefficient (Wildman–Crippen LogP) is 1.11. The molecule has 0 atom stereocenters. The van der Waals surface area contributed by atoms with Crippen molar-refractivity contribution in [1.82, 2.24) is 4.98 Å². The van der Waals surface area contributed by atoms with Crippen LogP contribution in [0.25, 0.3) is 0 Å². The second-order valence-corrected chi connectivity index (χ2v) is 7.33. The van der Waals surface area contributed by atoms with Crippen molar-refractivity contribution < 1.29 is 23.1 Å². The fraction of sp³-hybridized carbons (Fsp3) is 0.538. The molecule has 0 spiro atoms. The lowest BCUT2D eigenvalue weighted by Gasteiger charge is -2.20. The van der Waals surface area contributed by atoms with Gasteiger partial charge in [-0.3, -0.25) is 4.31 Å². The Morgan fingerprint density at radius 1 is 1.43 bits per heavy atom. The summed E-state index contributed by atoms with van der Waals surface area (Å²) in [6.45, 7) is 0.813. The average molecular weight is 312 g/mol. The molecule has 21 heavy (non-hydrogen) atoms. The molecule has 8 heteroatoms. The molecule has 0 bridgehead atoms. The molecule has 0 aromatic carbocycles. The Balaban J connectivity index is 1.95. The van der Waals surface area contributed by atoms with Crippen LogP contribution in [0.1, 0.15) is 29.8 Å². The maximum Gasteiger partial charge on any atom is 0.354 e. The number of rotatable bonds is 5. The highest BCUT2D eigenvalue weighted by Gasteiger charge is 2.32. The molecule has 1 aliphatic carbocycles. The monoisotopic (exact) mass is 312 g/mol. The number of hydrogen-bond acceptors (Lipinski definition) is 5. The zero-order chi connectivity index (χ0) is 15.0. The van der Waals surface area contributed by atoms with Gasteiger partial charge in [0.2, 0.25) is 15.9 Å². The quantitative estimate of drug-likeness (QED) is 0.874. The standard InChI is InChI=1S/C13H16N2O5S/c16-13(17)10-4-5-11(15-6-1-7-21(15,18)19)12(14-10)20-8-9-2-3-9/h4-5,9H,1-3,6-8H2,(H,16,17). The molecule has 1 saturated carbocycles. The Hall–Kier alpha value is -1.83. The summed E-state index contributed by atoms with van der Waals surface area (Å²) in [7, 11) is -3.35. The van der Waals surface area contributed by atoms with E-state index < -0.39 is 16.0 Å². The summed E-state index contributed by atoms with van der Waals surface area (Å²) in [5.41, 5.74) is 0.180. The number of sulfonamides is 1. The molecular formula is C13H16N2O5S. The minimum atomic E-state index is -3.35. The zero-order valence-electron chi connectivity index (χ0n) is 11.4. The lowest BCUT2D eigenvalue weighted by atomic mass is 10.3. The molecular weight excluding hydrogens is 296 g/mol. The number of aromatic nitrogens is 1. The fourth-order valence-electron chi connectivity index (χ4n) is 2.24. The summed E-state index contributed by atoms with van der Waals surface area (Å²) >= 11 is 0. The second-order valence-electron chi connectivity index (χ2n) is 5.32. The molecule has 2 heterocycles. The number of carboxylic acids is 1. The number of hydrogen-bond donors (Lipinski definition) is 1. The fourth-order valence-corrected chi connectivity index (χ4v) is 3.80. The number of carbonyl (C=O) groups is 1. The van der Waals surface area contributed by atoms with Gasteiger partial charge in [-0.1, -0.05) is 0 Å². The van der Waals surface area contributed by atoms with Gasteiger partial charge in [0.15, 0.2) is 5.69 Å². The summed E-state index contributed by atoms with van der Waals surface area (Å²) in [5, 5.41) is 9.01. The summed E-state index contributed by atoms with van der Waals surface area (Å²) in [6, 6.07) is 2.76. The van der Waals surface area contributed by atoms with Gasteiger partial charge in [-0.15, -0.1) is 0 Å². The van der Waals surface area contributed by atoms with Crippen molar-refractivity contribution in [1.29, 1.82) is 0 Å². The van der Waals surface area contributed by atoms with E-state index in [4.69, 9.17) is 9.84 Å². The van der Waals surface area contributed by atoms with Crippen LogP contribution in [-0.4, -0.2) is 43.4 Å². The number of anilines is 1. The van der Waals surface area contributed by atoms with Crippen molar-refractivity contribution in [3.63, 3.8) is 0 Å². The highest BCUT2D eigenvalue weighted by Crippen LogP contribution is 2.34. The Labute approximate surface area is 122 Å². The van der Waals surface area contributed by atoms with E-state index in [1.165, 1.54) is 16.4 Å². The van der Waals surface area contributed by atoms with Gasteiger partial charge in [-0.05, 0) is 37.3 Å². The molecule has 1 aliphatic heterocycles. The van der Waals surface area contributed by atoms with Crippen LogP contribution >= 0.6 is 0 Å². The lowest BCUT2D eigenvalue weighted by molar-refractivity contribution is 0.0689. The van der Waals surface area contributed by atoms with Gasteiger partial charge < -0.3 is 9.84 Å². The Bertz CT molecular complexity index is 669. The van der Waals surface area contributed by atoms with Crippen LogP contribution in [0.2, 0.25) is 0 Å². The van der Waals surface area contributed by atoms with Crippen LogP contribution < -0.4 is 9.04 Å². The van der Waals surface area contributed by atoms with Gasteiger partial charge in [0.05, 0.1) is 12.4 Å². The highest BCUT2D eigenvalue weighted by molar-refractivity contribution is 7.93. The van der Waals surface area contributed by atoms with E-state index in [1.807, 2.05) is 0 Å². The van der Waals surface area contributed by atoms with E-state index >= 15 is 0 Å².